The molecule has 0 saturated heterocycles. The molecule has 0 saturated carbocycles. The van der Waals surface area contributed by atoms with Gasteiger partial charge >= 0.3 is 0 Å². The van der Waals surface area contributed by atoms with Gasteiger partial charge in [-0.2, -0.15) is 0 Å². The van der Waals surface area contributed by atoms with Crippen LogP contribution < -0.4 is 0 Å². The van der Waals surface area contributed by atoms with E-state index in [9.17, 15) is 0 Å². The fourth-order valence-corrected chi connectivity index (χ4v) is 2.45. The molecule has 0 spiro atoms. The van der Waals surface area contributed by atoms with Gasteiger partial charge in [0.2, 0.25) is 0 Å². The number of benzene rings is 1. The highest BCUT2D eigenvalue weighted by atomic mass is 32.1. The van der Waals surface area contributed by atoms with E-state index in [0.29, 0.717) is 5.89 Å². The number of hydrogen-bond donors (Lipinski definition) is 0. The lowest BCUT2D eigenvalue weighted by Crippen LogP contribution is -1.77. The van der Waals surface area contributed by atoms with Gasteiger partial charge in [-0.3, -0.25) is 0 Å². The molecule has 3 aromatic rings. The third-order valence-electron chi connectivity index (χ3n) is 2.36. The predicted octanol–water partition coefficient (Wildman–Crippen LogP) is 3.57. The third-order valence-corrected chi connectivity index (χ3v) is 3.37. The molecule has 0 radical (unpaired) electrons. The van der Waals surface area contributed by atoms with Gasteiger partial charge < -0.3 is 4.42 Å². The van der Waals surface area contributed by atoms with Crippen LogP contribution in [0.2, 0.25) is 0 Å². The summed E-state index contributed by atoms with van der Waals surface area (Å²) in [5.74, 6) is 0.697. The quantitative estimate of drug-likeness (QED) is 0.641. The van der Waals surface area contributed by atoms with Crippen molar-refractivity contribution in [3.63, 3.8) is 0 Å². The van der Waals surface area contributed by atoms with Crippen LogP contribution >= 0.6 is 11.3 Å². The number of thiazole rings is 1. The molecule has 80 valence electrons. The Morgan fingerprint density at radius 1 is 1.19 bits per heavy atom. The summed E-state index contributed by atoms with van der Waals surface area (Å²) in [6, 6.07) is 5.99. The topological polar surface area (TPSA) is 38.9 Å². The minimum absolute atomic E-state index is 0.697. The number of rotatable bonds is 1. The molecular weight excluding hydrogens is 220 g/mol. The van der Waals surface area contributed by atoms with Crippen LogP contribution in [-0.2, 0) is 0 Å². The first-order chi connectivity index (χ1) is 7.72. The average molecular weight is 230 g/mol. The van der Waals surface area contributed by atoms with Crippen molar-refractivity contribution in [1.82, 2.24) is 9.97 Å². The largest absolute Gasteiger partial charge is 0.441 e. The van der Waals surface area contributed by atoms with E-state index >= 15 is 0 Å². The lowest BCUT2D eigenvalue weighted by Gasteiger charge is -1.94. The van der Waals surface area contributed by atoms with Gasteiger partial charge in [-0.05, 0) is 25.1 Å². The molecule has 2 aromatic heterocycles. The van der Waals surface area contributed by atoms with Gasteiger partial charge in [0, 0.05) is 23.6 Å². The minimum atomic E-state index is 0.697. The molecule has 0 bridgehead atoms. The molecule has 1 aromatic carbocycles. The summed E-state index contributed by atoms with van der Waals surface area (Å²) in [5, 5.41) is 3.07. The second-order valence-electron chi connectivity index (χ2n) is 3.71. The van der Waals surface area contributed by atoms with Crippen molar-refractivity contribution in [2.45, 2.75) is 13.8 Å². The van der Waals surface area contributed by atoms with Gasteiger partial charge in [0.25, 0.3) is 0 Å². The Bertz CT molecular complexity index is 654. The monoisotopic (exact) mass is 230 g/mol. The van der Waals surface area contributed by atoms with E-state index in [1.54, 1.807) is 11.3 Å². The fourth-order valence-electron chi connectivity index (χ4n) is 1.66. The molecule has 16 heavy (non-hydrogen) atoms. The van der Waals surface area contributed by atoms with E-state index in [2.05, 4.69) is 9.97 Å². The summed E-state index contributed by atoms with van der Waals surface area (Å²) in [5.41, 5.74) is 3.85. The van der Waals surface area contributed by atoms with E-state index in [1.807, 2.05) is 37.4 Å². The molecule has 0 aliphatic rings. The van der Waals surface area contributed by atoms with Crippen LogP contribution in [0.4, 0.5) is 0 Å². The van der Waals surface area contributed by atoms with Crippen LogP contribution in [0.25, 0.3) is 21.7 Å². The Kier molecular flexibility index (Phi) is 2.04. The van der Waals surface area contributed by atoms with E-state index in [-0.39, 0.29) is 0 Å². The standard InChI is InChI=1S/C12H10N2OS/c1-7-6-16-12(13-7)9-3-4-10-11(5-9)15-8(2)14-10/h3-6H,1-2H3. The summed E-state index contributed by atoms with van der Waals surface area (Å²) in [4.78, 5) is 8.72. The Balaban J connectivity index is 2.17. The smallest absolute Gasteiger partial charge is 0.192 e. The van der Waals surface area contributed by atoms with Crippen molar-refractivity contribution < 1.29 is 4.42 Å². The van der Waals surface area contributed by atoms with E-state index in [0.717, 1.165) is 27.4 Å². The van der Waals surface area contributed by atoms with Crippen LogP contribution in [0.5, 0.6) is 0 Å². The van der Waals surface area contributed by atoms with Gasteiger partial charge in [0.1, 0.15) is 10.5 Å². The second-order valence-corrected chi connectivity index (χ2v) is 4.57. The van der Waals surface area contributed by atoms with Crippen molar-refractivity contribution in [2.24, 2.45) is 0 Å². The molecule has 0 unspecified atom stereocenters. The first kappa shape index (κ1) is 9.54. The van der Waals surface area contributed by atoms with Gasteiger partial charge in [-0.15, -0.1) is 11.3 Å². The molecule has 3 rings (SSSR count). The van der Waals surface area contributed by atoms with Gasteiger partial charge in [0.15, 0.2) is 11.5 Å². The normalized spacial score (nSPS) is 11.1. The van der Waals surface area contributed by atoms with Crippen molar-refractivity contribution in [2.75, 3.05) is 0 Å². The van der Waals surface area contributed by atoms with Gasteiger partial charge in [0.05, 0.1) is 0 Å². The number of oxazole rings is 1. The van der Waals surface area contributed by atoms with Crippen molar-refractivity contribution in [3.05, 3.63) is 35.2 Å². The fraction of sp³-hybridized carbons (Fsp3) is 0.167. The molecule has 0 aliphatic carbocycles. The Morgan fingerprint density at radius 2 is 2.06 bits per heavy atom. The third kappa shape index (κ3) is 1.51. The molecule has 3 nitrogen and oxygen atoms in total. The molecule has 0 aliphatic heterocycles. The summed E-state index contributed by atoms with van der Waals surface area (Å²) in [6.45, 7) is 3.85. The number of aromatic nitrogens is 2. The number of fused-ring (bicyclic) bond motifs is 1. The predicted molar refractivity (Wildman–Crippen MR) is 64.6 cm³/mol. The SMILES string of the molecule is Cc1csc(-c2ccc3nc(C)oc3c2)n1. The molecule has 0 amide bonds. The lowest BCUT2D eigenvalue weighted by molar-refractivity contribution is 0.561. The van der Waals surface area contributed by atoms with Crippen LogP contribution in [0.15, 0.2) is 28.0 Å². The Labute approximate surface area is 96.8 Å². The molecule has 0 N–H and O–H groups in total. The summed E-state index contributed by atoms with van der Waals surface area (Å²) in [7, 11) is 0. The van der Waals surface area contributed by atoms with Crippen LogP contribution in [0.1, 0.15) is 11.6 Å². The molecular formula is C12H10N2OS. The maximum Gasteiger partial charge on any atom is 0.192 e. The molecule has 4 heteroatoms. The maximum absolute atomic E-state index is 5.50. The van der Waals surface area contributed by atoms with E-state index in [1.165, 1.54) is 0 Å². The van der Waals surface area contributed by atoms with E-state index < -0.39 is 0 Å². The Morgan fingerprint density at radius 3 is 2.81 bits per heavy atom. The van der Waals surface area contributed by atoms with Crippen molar-refractivity contribution >= 4 is 22.4 Å². The summed E-state index contributed by atoms with van der Waals surface area (Å²) in [6.07, 6.45) is 0. The summed E-state index contributed by atoms with van der Waals surface area (Å²) < 4.78 is 5.50. The second kappa shape index (κ2) is 3.42. The first-order valence-corrected chi connectivity index (χ1v) is 5.90. The lowest BCUT2D eigenvalue weighted by atomic mass is 10.2. The maximum atomic E-state index is 5.50. The zero-order valence-corrected chi connectivity index (χ0v) is 9.84. The molecule has 0 atom stereocenters. The van der Waals surface area contributed by atoms with Gasteiger partial charge in [-0.1, -0.05) is 0 Å². The van der Waals surface area contributed by atoms with Gasteiger partial charge in [-0.25, -0.2) is 9.97 Å². The highest BCUT2D eigenvalue weighted by Crippen LogP contribution is 2.27. The van der Waals surface area contributed by atoms with Crippen LogP contribution in [0.3, 0.4) is 0 Å². The van der Waals surface area contributed by atoms with E-state index in [4.69, 9.17) is 4.42 Å². The molecule has 0 fully saturated rings. The zero-order chi connectivity index (χ0) is 11.1. The summed E-state index contributed by atoms with van der Waals surface area (Å²) >= 11 is 1.64. The first-order valence-electron chi connectivity index (χ1n) is 5.02. The number of nitrogens with zero attached hydrogens (tertiary/aromatic N) is 2. The minimum Gasteiger partial charge on any atom is -0.441 e. The zero-order valence-electron chi connectivity index (χ0n) is 9.02. The molecule has 2 heterocycles. The van der Waals surface area contributed by atoms with Crippen molar-refractivity contribution in [3.8, 4) is 10.6 Å². The van der Waals surface area contributed by atoms with Crippen molar-refractivity contribution in [1.29, 1.82) is 0 Å². The highest BCUT2D eigenvalue weighted by molar-refractivity contribution is 7.13. The Hall–Kier alpha value is -1.68. The average Bonchev–Trinajstić information content (AvgIpc) is 2.81. The highest BCUT2D eigenvalue weighted by Gasteiger charge is 2.06. The van der Waals surface area contributed by atoms with Crippen LogP contribution in [-0.4, -0.2) is 9.97 Å². The number of aryl methyl sites for hydroxylation is 2. The van der Waals surface area contributed by atoms with Crippen LogP contribution in [0, 0.1) is 13.8 Å². The number of hydrogen-bond acceptors (Lipinski definition) is 4.